The van der Waals surface area contributed by atoms with E-state index >= 15 is 0 Å². The maximum atomic E-state index is 12.9. The normalized spacial score (nSPS) is 14.6. The predicted octanol–water partition coefficient (Wildman–Crippen LogP) is -1.76. The van der Waals surface area contributed by atoms with E-state index in [4.69, 9.17) is 17.2 Å². The third kappa shape index (κ3) is 10.6. The third-order valence-electron chi connectivity index (χ3n) is 4.81. The lowest BCUT2D eigenvalue weighted by Gasteiger charge is -2.28. The fourth-order valence-corrected chi connectivity index (χ4v) is 2.74. The van der Waals surface area contributed by atoms with Gasteiger partial charge in [-0.3, -0.25) is 19.4 Å². The Balaban J connectivity index is 5.42. The van der Waals surface area contributed by atoms with Crippen molar-refractivity contribution in [1.29, 1.82) is 0 Å². The summed E-state index contributed by atoms with van der Waals surface area (Å²) in [4.78, 5) is 52.7. The lowest BCUT2D eigenvalue weighted by molar-refractivity contribution is -0.144. The Hall–Kier alpha value is -2.89. The van der Waals surface area contributed by atoms with Crippen molar-refractivity contribution in [2.75, 3.05) is 13.1 Å². The van der Waals surface area contributed by atoms with Gasteiger partial charge in [-0.25, -0.2) is 4.79 Å². The Bertz CT molecular complexity index is 650. The van der Waals surface area contributed by atoms with Gasteiger partial charge in [-0.1, -0.05) is 34.1 Å². The minimum Gasteiger partial charge on any atom is -0.480 e. The molecule has 4 atom stereocenters. The summed E-state index contributed by atoms with van der Waals surface area (Å²) in [6.45, 7) is 6.91. The van der Waals surface area contributed by atoms with Crippen LogP contribution in [0.15, 0.2) is 4.99 Å². The molecule has 178 valence electrons. The standard InChI is InChI=1S/C19H37N7O5/c1-5-11(4)15(17(29)25-14(10(2)3)18(30)31)26-16(28)12(24-13(27)9-20)7-6-8-23-19(21)22/h10-12,14-15H,5-9,20H2,1-4H3,(H,24,27)(H,25,29)(H,26,28)(H,30,31)(H4,21,22,23). The molecule has 0 aliphatic carbocycles. The quantitative estimate of drug-likeness (QED) is 0.0924. The van der Waals surface area contributed by atoms with Gasteiger partial charge < -0.3 is 38.3 Å². The average molecular weight is 444 g/mol. The first-order chi connectivity index (χ1) is 14.4. The predicted molar refractivity (Wildman–Crippen MR) is 117 cm³/mol. The van der Waals surface area contributed by atoms with Crippen LogP contribution in [0.1, 0.15) is 47.0 Å². The van der Waals surface area contributed by atoms with E-state index in [-0.39, 0.29) is 37.3 Å². The Morgan fingerprint density at radius 2 is 1.55 bits per heavy atom. The van der Waals surface area contributed by atoms with Gasteiger partial charge >= 0.3 is 5.97 Å². The zero-order chi connectivity index (χ0) is 24.1. The van der Waals surface area contributed by atoms with Crippen molar-refractivity contribution in [2.24, 2.45) is 34.0 Å². The zero-order valence-corrected chi connectivity index (χ0v) is 18.7. The highest BCUT2D eigenvalue weighted by Crippen LogP contribution is 2.11. The Morgan fingerprint density at radius 3 is 2.00 bits per heavy atom. The molecule has 0 saturated heterocycles. The van der Waals surface area contributed by atoms with E-state index in [1.165, 1.54) is 0 Å². The molecular weight excluding hydrogens is 406 g/mol. The van der Waals surface area contributed by atoms with Gasteiger partial charge in [-0.2, -0.15) is 0 Å². The summed E-state index contributed by atoms with van der Waals surface area (Å²) in [6.07, 6.45) is 1.17. The van der Waals surface area contributed by atoms with Crippen LogP contribution in [0.5, 0.6) is 0 Å². The molecule has 0 spiro atoms. The molecule has 0 aromatic carbocycles. The van der Waals surface area contributed by atoms with Gasteiger partial charge in [0.05, 0.1) is 6.54 Å². The Morgan fingerprint density at radius 1 is 0.968 bits per heavy atom. The minimum atomic E-state index is -1.16. The van der Waals surface area contributed by atoms with Crippen LogP contribution in [0, 0.1) is 11.8 Å². The molecule has 0 heterocycles. The summed E-state index contributed by atoms with van der Waals surface area (Å²) in [7, 11) is 0. The average Bonchev–Trinajstić information content (AvgIpc) is 2.70. The smallest absolute Gasteiger partial charge is 0.326 e. The summed E-state index contributed by atoms with van der Waals surface area (Å²) in [5.74, 6) is -3.59. The number of hydrogen-bond donors (Lipinski definition) is 7. The van der Waals surface area contributed by atoms with Crippen molar-refractivity contribution in [3.63, 3.8) is 0 Å². The van der Waals surface area contributed by atoms with E-state index in [9.17, 15) is 24.3 Å². The van der Waals surface area contributed by atoms with E-state index in [0.717, 1.165) is 0 Å². The van der Waals surface area contributed by atoms with Gasteiger partial charge in [0, 0.05) is 6.54 Å². The number of carbonyl (C=O) groups excluding carboxylic acids is 3. The molecule has 4 unspecified atom stereocenters. The van der Waals surface area contributed by atoms with Crippen molar-refractivity contribution in [3.8, 4) is 0 Å². The number of aliphatic carboxylic acids is 1. The highest BCUT2D eigenvalue weighted by molar-refractivity contribution is 5.93. The van der Waals surface area contributed by atoms with Crippen LogP contribution in [0.2, 0.25) is 0 Å². The molecule has 3 amide bonds. The van der Waals surface area contributed by atoms with Gasteiger partial charge in [0.15, 0.2) is 5.96 Å². The number of nitrogens with one attached hydrogen (secondary N) is 3. The highest BCUT2D eigenvalue weighted by atomic mass is 16.4. The van der Waals surface area contributed by atoms with Gasteiger partial charge in [0.25, 0.3) is 0 Å². The Kier molecular flexibility index (Phi) is 12.9. The van der Waals surface area contributed by atoms with E-state index in [0.29, 0.717) is 12.8 Å². The van der Waals surface area contributed by atoms with Crippen molar-refractivity contribution in [3.05, 3.63) is 0 Å². The van der Waals surface area contributed by atoms with Crippen LogP contribution >= 0.6 is 0 Å². The first-order valence-electron chi connectivity index (χ1n) is 10.3. The number of guanidine groups is 1. The summed E-state index contributed by atoms with van der Waals surface area (Å²) in [5.41, 5.74) is 15.9. The number of aliphatic imine (C=N–C) groups is 1. The number of carboxylic acid groups (broad SMARTS) is 1. The van der Waals surface area contributed by atoms with E-state index < -0.39 is 41.8 Å². The molecule has 0 saturated carbocycles. The first-order valence-corrected chi connectivity index (χ1v) is 10.3. The molecule has 0 fully saturated rings. The maximum Gasteiger partial charge on any atom is 0.326 e. The van der Waals surface area contributed by atoms with Crippen LogP contribution in [-0.2, 0) is 19.2 Å². The molecule has 0 aromatic heterocycles. The molecule has 12 nitrogen and oxygen atoms in total. The Labute approximate surface area is 182 Å². The monoisotopic (exact) mass is 443 g/mol. The van der Waals surface area contributed by atoms with E-state index in [1.807, 2.05) is 6.92 Å². The van der Waals surface area contributed by atoms with Gasteiger partial charge in [0.2, 0.25) is 17.7 Å². The second kappa shape index (κ2) is 14.2. The van der Waals surface area contributed by atoms with Gasteiger partial charge in [-0.05, 0) is 24.7 Å². The number of nitrogens with zero attached hydrogens (tertiary/aromatic N) is 1. The number of nitrogens with two attached hydrogens (primary N) is 3. The summed E-state index contributed by atoms with van der Waals surface area (Å²) in [6, 6.07) is -3.03. The van der Waals surface area contributed by atoms with Crippen LogP contribution in [0.4, 0.5) is 0 Å². The van der Waals surface area contributed by atoms with Gasteiger partial charge in [-0.15, -0.1) is 0 Å². The topological polar surface area (TPSA) is 215 Å². The molecular formula is C19H37N7O5. The van der Waals surface area contributed by atoms with Crippen LogP contribution in [0.3, 0.4) is 0 Å². The number of hydrogen-bond acceptors (Lipinski definition) is 6. The molecule has 0 aliphatic rings. The molecule has 12 heteroatoms. The second-order valence-electron chi connectivity index (χ2n) is 7.71. The molecule has 0 aliphatic heterocycles. The number of rotatable bonds is 14. The van der Waals surface area contributed by atoms with E-state index in [1.54, 1.807) is 20.8 Å². The number of amides is 3. The number of carbonyl (C=O) groups is 4. The minimum absolute atomic E-state index is 0.0846. The summed E-state index contributed by atoms with van der Waals surface area (Å²) >= 11 is 0. The lowest BCUT2D eigenvalue weighted by atomic mass is 9.96. The molecule has 0 rings (SSSR count). The molecule has 0 bridgehead atoms. The fourth-order valence-electron chi connectivity index (χ4n) is 2.74. The molecule has 0 radical (unpaired) electrons. The maximum absolute atomic E-state index is 12.9. The van der Waals surface area contributed by atoms with Crippen molar-refractivity contribution < 1.29 is 24.3 Å². The largest absolute Gasteiger partial charge is 0.480 e. The van der Waals surface area contributed by atoms with Crippen molar-refractivity contribution in [1.82, 2.24) is 16.0 Å². The zero-order valence-electron chi connectivity index (χ0n) is 18.7. The number of carboxylic acids is 1. The SMILES string of the molecule is CCC(C)C(NC(=O)C(CCCN=C(N)N)NC(=O)CN)C(=O)NC(C(=O)O)C(C)C. The molecule has 31 heavy (non-hydrogen) atoms. The van der Waals surface area contributed by atoms with Crippen LogP contribution in [0.25, 0.3) is 0 Å². The fraction of sp³-hybridized carbons (Fsp3) is 0.737. The third-order valence-corrected chi connectivity index (χ3v) is 4.81. The first kappa shape index (κ1) is 28.1. The van der Waals surface area contributed by atoms with Crippen LogP contribution in [-0.4, -0.2) is 66.0 Å². The second-order valence-corrected chi connectivity index (χ2v) is 7.71. The highest BCUT2D eigenvalue weighted by Gasteiger charge is 2.32. The summed E-state index contributed by atoms with van der Waals surface area (Å²) in [5, 5.41) is 17.0. The van der Waals surface area contributed by atoms with Crippen molar-refractivity contribution >= 4 is 29.7 Å². The van der Waals surface area contributed by atoms with Crippen LogP contribution < -0.4 is 33.2 Å². The molecule has 10 N–H and O–H groups in total. The summed E-state index contributed by atoms with van der Waals surface area (Å²) < 4.78 is 0. The van der Waals surface area contributed by atoms with Crippen molar-refractivity contribution in [2.45, 2.75) is 65.1 Å². The lowest BCUT2D eigenvalue weighted by Crippen LogP contribution is -2.58. The van der Waals surface area contributed by atoms with Gasteiger partial charge in [0.1, 0.15) is 18.1 Å². The molecule has 0 aromatic rings. The van der Waals surface area contributed by atoms with E-state index in [2.05, 4.69) is 20.9 Å².